The average Bonchev–Trinajstić information content (AvgIpc) is 3.03. The molecule has 0 fully saturated rings. The zero-order valence-electron chi connectivity index (χ0n) is 17.6. The third kappa shape index (κ3) is 4.92. The van der Waals surface area contributed by atoms with E-state index in [9.17, 15) is 9.18 Å². The molecule has 0 aliphatic rings. The molecule has 0 unspecified atom stereocenters. The SMILES string of the molecule is CC.CCOC(=O)c1c(Nc2ccc(C)cc2F)c2cnccc2n1CCOC. The van der Waals surface area contributed by atoms with Gasteiger partial charge in [-0.1, -0.05) is 19.9 Å². The minimum absolute atomic E-state index is 0.237. The number of hydrogen-bond acceptors (Lipinski definition) is 5. The van der Waals surface area contributed by atoms with Crippen LogP contribution in [0.5, 0.6) is 0 Å². The van der Waals surface area contributed by atoms with Crippen LogP contribution in [-0.4, -0.2) is 35.8 Å². The molecule has 0 saturated heterocycles. The van der Waals surface area contributed by atoms with Crippen molar-refractivity contribution in [2.24, 2.45) is 0 Å². The van der Waals surface area contributed by atoms with Crippen LogP contribution < -0.4 is 5.32 Å². The number of halogens is 1. The number of benzene rings is 1. The highest BCUT2D eigenvalue weighted by molar-refractivity contribution is 6.07. The van der Waals surface area contributed by atoms with Gasteiger partial charge >= 0.3 is 5.97 Å². The van der Waals surface area contributed by atoms with E-state index in [-0.39, 0.29) is 12.3 Å². The number of anilines is 2. The number of carbonyl (C=O) groups is 1. The van der Waals surface area contributed by atoms with E-state index >= 15 is 0 Å². The maximum absolute atomic E-state index is 14.4. The Morgan fingerprint density at radius 3 is 2.69 bits per heavy atom. The van der Waals surface area contributed by atoms with Crippen LogP contribution >= 0.6 is 0 Å². The largest absolute Gasteiger partial charge is 0.461 e. The van der Waals surface area contributed by atoms with Crippen molar-refractivity contribution in [2.45, 2.75) is 34.2 Å². The molecule has 7 heteroatoms. The van der Waals surface area contributed by atoms with Crippen LogP contribution in [0.2, 0.25) is 0 Å². The molecule has 0 aliphatic heterocycles. The molecule has 2 heterocycles. The second kappa shape index (κ2) is 10.6. The molecular weight excluding hydrogens is 373 g/mol. The average molecular weight is 401 g/mol. The quantitative estimate of drug-likeness (QED) is 0.560. The monoisotopic (exact) mass is 401 g/mol. The molecule has 0 radical (unpaired) electrons. The minimum atomic E-state index is -0.486. The first-order valence-electron chi connectivity index (χ1n) is 9.72. The zero-order chi connectivity index (χ0) is 21.4. The molecule has 1 aromatic carbocycles. The number of rotatable bonds is 7. The summed E-state index contributed by atoms with van der Waals surface area (Å²) in [4.78, 5) is 16.9. The smallest absolute Gasteiger partial charge is 0.357 e. The lowest BCUT2D eigenvalue weighted by Gasteiger charge is -2.12. The Morgan fingerprint density at radius 1 is 1.28 bits per heavy atom. The summed E-state index contributed by atoms with van der Waals surface area (Å²) in [5.41, 5.74) is 2.67. The third-order valence-electron chi connectivity index (χ3n) is 4.24. The first-order valence-corrected chi connectivity index (χ1v) is 9.72. The minimum Gasteiger partial charge on any atom is -0.461 e. The molecule has 6 nitrogen and oxygen atoms in total. The van der Waals surface area contributed by atoms with Crippen molar-refractivity contribution in [3.05, 3.63) is 53.7 Å². The van der Waals surface area contributed by atoms with Gasteiger partial charge in [-0.3, -0.25) is 4.98 Å². The summed E-state index contributed by atoms with van der Waals surface area (Å²) in [6.45, 7) is 8.66. The molecule has 0 spiro atoms. The van der Waals surface area contributed by atoms with Gasteiger partial charge in [0.2, 0.25) is 0 Å². The Balaban J connectivity index is 0.00000145. The lowest BCUT2D eigenvalue weighted by molar-refractivity contribution is 0.0513. The number of carbonyl (C=O) groups excluding carboxylic acids is 1. The molecule has 2 aromatic heterocycles. The van der Waals surface area contributed by atoms with Gasteiger partial charge in [0.05, 0.1) is 30.1 Å². The van der Waals surface area contributed by atoms with Crippen molar-refractivity contribution in [1.82, 2.24) is 9.55 Å². The highest BCUT2D eigenvalue weighted by Gasteiger charge is 2.24. The second-order valence-corrected chi connectivity index (χ2v) is 6.09. The van der Waals surface area contributed by atoms with Gasteiger partial charge in [-0.25, -0.2) is 9.18 Å². The lowest BCUT2D eigenvalue weighted by Crippen LogP contribution is -2.16. The second-order valence-electron chi connectivity index (χ2n) is 6.09. The number of aromatic nitrogens is 2. The van der Waals surface area contributed by atoms with Crippen molar-refractivity contribution in [2.75, 3.05) is 25.6 Å². The lowest BCUT2D eigenvalue weighted by atomic mass is 10.2. The van der Waals surface area contributed by atoms with E-state index in [0.717, 1.165) is 11.1 Å². The van der Waals surface area contributed by atoms with Crippen LogP contribution in [0, 0.1) is 12.7 Å². The van der Waals surface area contributed by atoms with Crippen molar-refractivity contribution in [3.8, 4) is 0 Å². The molecular formula is C22H28FN3O3. The van der Waals surface area contributed by atoms with Gasteiger partial charge < -0.3 is 19.4 Å². The highest BCUT2D eigenvalue weighted by Crippen LogP contribution is 2.34. The molecule has 0 aliphatic carbocycles. The Hall–Kier alpha value is -2.93. The predicted molar refractivity (Wildman–Crippen MR) is 113 cm³/mol. The van der Waals surface area contributed by atoms with Crippen molar-refractivity contribution < 1.29 is 18.7 Å². The van der Waals surface area contributed by atoms with Crippen LogP contribution in [-0.2, 0) is 16.0 Å². The van der Waals surface area contributed by atoms with E-state index in [0.29, 0.717) is 29.9 Å². The summed E-state index contributed by atoms with van der Waals surface area (Å²) in [5.74, 6) is -0.883. The summed E-state index contributed by atoms with van der Waals surface area (Å²) >= 11 is 0. The highest BCUT2D eigenvalue weighted by atomic mass is 19.1. The van der Waals surface area contributed by atoms with Crippen LogP contribution in [0.15, 0.2) is 36.7 Å². The molecule has 0 saturated carbocycles. The molecule has 0 atom stereocenters. The molecule has 29 heavy (non-hydrogen) atoms. The summed E-state index contributed by atoms with van der Waals surface area (Å²) in [6.07, 6.45) is 3.30. The van der Waals surface area contributed by atoms with E-state index in [1.807, 2.05) is 31.4 Å². The van der Waals surface area contributed by atoms with Crippen LogP contribution in [0.3, 0.4) is 0 Å². The number of ether oxygens (including phenoxy) is 2. The van der Waals surface area contributed by atoms with Crippen LogP contribution in [0.25, 0.3) is 10.9 Å². The number of hydrogen-bond donors (Lipinski definition) is 1. The fraction of sp³-hybridized carbons (Fsp3) is 0.364. The molecule has 3 rings (SSSR count). The first-order chi connectivity index (χ1) is 14.1. The first kappa shape index (κ1) is 22.4. The van der Waals surface area contributed by atoms with E-state index < -0.39 is 11.8 Å². The molecule has 156 valence electrons. The summed E-state index contributed by atoms with van der Waals surface area (Å²) in [7, 11) is 1.60. The zero-order valence-corrected chi connectivity index (χ0v) is 17.6. The van der Waals surface area contributed by atoms with E-state index in [1.165, 1.54) is 6.07 Å². The fourth-order valence-electron chi connectivity index (χ4n) is 3.01. The van der Waals surface area contributed by atoms with Crippen LogP contribution in [0.1, 0.15) is 36.8 Å². The molecule has 3 aromatic rings. The molecule has 0 amide bonds. The topological polar surface area (TPSA) is 65.4 Å². The van der Waals surface area contributed by atoms with Gasteiger partial charge in [0.25, 0.3) is 0 Å². The number of nitrogens with one attached hydrogen (secondary N) is 1. The Bertz CT molecular complexity index is 969. The van der Waals surface area contributed by atoms with Gasteiger partial charge in [-0.15, -0.1) is 0 Å². The number of aryl methyl sites for hydroxylation is 1. The maximum atomic E-state index is 14.4. The Morgan fingerprint density at radius 2 is 2.03 bits per heavy atom. The summed E-state index contributed by atoms with van der Waals surface area (Å²) < 4.78 is 26.6. The van der Waals surface area contributed by atoms with Gasteiger partial charge in [0.1, 0.15) is 5.82 Å². The maximum Gasteiger partial charge on any atom is 0.357 e. The molecule has 0 bridgehead atoms. The number of methoxy groups -OCH3 is 1. The van der Waals surface area contributed by atoms with Crippen molar-refractivity contribution in [1.29, 1.82) is 0 Å². The number of nitrogens with zero attached hydrogens (tertiary/aromatic N) is 2. The summed E-state index contributed by atoms with van der Waals surface area (Å²) in [5, 5.41) is 3.77. The number of esters is 1. The van der Waals surface area contributed by atoms with Crippen molar-refractivity contribution >= 4 is 28.2 Å². The standard InChI is InChI=1S/C20H22FN3O3.C2H6/c1-4-27-20(25)19-18(23-16-6-5-13(2)11-15(16)21)14-12-22-8-7-17(14)24(19)9-10-26-3;1-2/h5-8,11-12,23H,4,9-10H2,1-3H3;1-2H3. The van der Waals surface area contributed by atoms with Gasteiger partial charge in [0.15, 0.2) is 5.69 Å². The van der Waals surface area contributed by atoms with Gasteiger partial charge in [-0.2, -0.15) is 0 Å². The number of pyridine rings is 1. The van der Waals surface area contributed by atoms with E-state index in [1.54, 1.807) is 38.6 Å². The fourth-order valence-corrected chi connectivity index (χ4v) is 3.01. The summed E-state index contributed by atoms with van der Waals surface area (Å²) in [6, 6.07) is 6.70. The number of fused-ring (bicyclic) bond motifs is 1. The molecule has 1 N–H and O–H groups in total. The third-order valence-corrected chi connectivity index (χ3v) is 4.24. The predicted octanol–water partition coefficient (Wildman–Crippen LogP) is 5.08. The van der Waals surface area contributed by atoms with Gasteiger partial charge in [-0.05, 0) is 37.6 Å². The Labute approximate surface area is 170 Å². The normalized spacial score (nSPS) is 10.4. The van der Waals surface area contributed by atoms with E-state index in [2.05, 4.69) is 10.3 Å². The van der Waals surface area contributed by atoms with Crippen LogP contribution in [0.4, 0.5) is 15.8 Å². The van der Waals surface area contributed by atoms with E-state index in [4.69, 9.17) is 9.47 Å². The Kier molecular flexibility index (Phi) is 8.15. The van der Waals surface area contributed by atoms with Crippen molar-refractivity contribution in [3.63, 3.8) is 0 Å². The van der Waals surface area contributed by atoms with Gasteiger partial charge in [0, 0.05) is 31.4 Å².